The third kappa shape index (κ3) is 4.66. The number of amides is 2. The van der Waals surface area contributed by atoms with E-state index in [1.807, 2.05) is 0 Å². The average Bonchev–Trinajstić information content (AvgIpc) is 2.77. The van der Waals surface area contributed by atoms with Crippen LogP contribution in [0.15, 0.2) is 0 Å². The van der Waals surface area contributed by atoms with Crippen LogP contribution in [0.5, 0.6) is 0 Å². The van der Waals surface area contributed by atoms with Crippen LogP contribution in [0.2, 0.25) is 0 Å². The van der Waals surface area contributed by atoms with Crippen LogP contribution >= 0.6 is 0 Å². The molecule has 1 heterocycles. The number of carbonyl (C=O) groups excluding carboxylic acids is 1. The molecule has 110 valence electrons. The van der Waals surface area contributed by atoms with Crippen molar-refractivity contribution in [3.8, 4) is 0 Å². The quantitative estimate of drug-likeness (QED) is 0.558. The van der Waals surface area contributed by atoms with E-state index in [9.17, 15) is 14.7 Å². The molecule has 1 aliphatic heterocycles. The molecule has 3 N–H and O–H groups in total. The Balaban J connectivity index is 2.43. The molecule has 0 spiro atoms. The number of hydrogen-bond acceptors (Lipinski definition) is 5. The zero-order chi connectivity index (χ0) is 14.4. The van der Waals surface area contributed by atoms with E-state index in [2.05, 4.69) is 5.32 Å². The van der Waals surface area contributed by atoms with E-state index in [0.717, 1.165) is 0 Å². The first-order chi connectivity index (χ1) is 8.95. The largest absolute Gasteiger partial charge is 0.481 e. The van der Waals surface area contributed by atoms with Gasteiger partial charge in [0, 0.05) is 14.2 Å². The number of urea groups is 1. The molecule has 1 aliphatic rings. The van der Waals surface area contributed by atoms with E-state index in [-0.39, 0.29) is 26.4 Å². The van der Waals surface area contributed by atoms with E-state index >= 15 is 0 Å². The summed E-state index contributed by atoms with van der Waals surface area (Å²) in [7, 11) is 2.97. The van der Waals surface area contributed by atoms with Gasteiger partial charge in [0.15, 0.2) is 0 Å². The molecular weight excluding hydrogens is 256 g/mol. The number of rotatable bonds is 6. The van der Waals surface area contributed by atoms with Crippen LogP contribution < -0.4 is 5.32 Å². The highest BCUT2D eigenvalue weighted by molar-refractivity contribution is 5.77. The second-order valence-electron chi connectivity index (χ2n) is 4.53. The number of hydrogen-bond donors (Lipinski definition) is 3. The van der Waals surface area contributed by atoms with Crippen molar-refractivity contribution in [2.45, 2.75) is 12.1 Å². The van der Waals surface area contributed by atoms with Gasteiger partial charge in [-0.3, -0.25) is 4.79 Å². The molecule has 1 fully saturated rings. The van der Waals surface area contributed by atoms with Gasteiger partial charge < -0.3 is 29.9 Å². The van der Waals surface area contributed by atoms with Gasteiger partial charge in [0.1, 0.15) is 5.92 Å². The molecule has 19 heavy (non-hydrogen) atoms. The Morgan fingerprint density at radius 3 is 2.79 bits per heavy atom. The standard InChI is InChI=1S/C11H20N2O6/c1-13(3-7(14)4-18-2)11(17)12-9-6-19-5-8(9)10(15)16/h7-9,14H,3-6H2,1-2H3,(H,12,17)(H,15,16). The molecule has 0 radical (unpaired) electrons. The smallest absolute Gasteiger partial charge is 0.317 e. The molecule has 0 aromatic rings. The molecule has 8 heteroatoms. The Hall–Kier alpha value is -1.38. The lowest BCUT2D eigenvalue weighted by atomic mass is 10.0. The Morgan fingerprint density at radius 1 is 1.53 bits per heavy atom. The van der Waals surface area contributed by atoms with E-state index in [4.69, 9.17) is 14.6 Å². The fraction of sp³-hybridized carbons (Fsp3) is 0.818. The molecule has 0 bridgehead atoms. The number of aliphatic carboxylic acids is 1. The predicted octanol–water partition coefficient (Wildman–Crippen LogP) is -1.27. The molecule has 0 saturated carbocycles. The number of ether oxygens (including phenoxy) is 2. The van der Waals surface area contributed by atoms with Crippen molar-refractivity contribution in [2.24, 2.45) is 5.92 Å². The van der Waals surface area contributed by atoms with Crippen LogP contribution in [-0.4, -0.2) is 79.8 Å². The number of aliphatic hydroxyl groups excluding tert-OH is 1. The summed E-state index contributed by atoms with van der Waals surface area (Å²) in [5.74, 6) is -1.73. The number of methoxy groups -OCH3 is 1. The van der Waals surface area contributed by atoms with Crippen molar-refractivity contribution in [2.75, 3.05) is 40.5 Å². The van der Waals surface area contributed by atoms with Crippen LogP contribution in [0.25, 0.3) is 0 Å². The number of carboxylic acids is 1. The number of nitrogens with one attached hydrogen (secondary N) is 1. The number of carbonyl (C=O) groups is 2. The van der Waals surface area contributed by atoms with E-state index < -0.39 is 30.1 Å². The number of nitrogens with zero attached hydrogens (tertiary/aromatic N) is 1. The highest BCUT2D eigenvalue weighted by atomic mass is 16.5. The number of carboxylic acid groups (broad SMARTS) is 1. The third-order valence-electron chi connectivity index (χ3n) is 2.90. The first-order valence-electron chi connectivity index (χ1n) is 5.95. The molecule has 0 aromatic carbocycles. The molecule has 0 aromatic heterocycles. The van der Waals surface area contributed by atoms with Gasteiger partial charge in [-0.2, -0.15) is 0 Å². The molecule has 3 atom stereocenters. The maximum atomic E-state index is 11.8. The van der Waals surface area contributed by atoms with Gasteiger partial charge in [-0.1, -0.05) is 0 Å². The Morgan fingerprint density at radius 2 is 2.21 bits per heavy atom. The molecule has 8 nitrogen and oxygen atoms in total. The molecule has 2 amide bonds. The first kappa shape index (κ1) is 15.7. The van der Waals surface area contributed by atoms with Gasteiger partial charge in [0.05, 0.1) is 38.5 Å². The Kier molecular flexibility index (Phi) is 6.00. The number of aliphatic hydroxyl groups is 1. The molecule has 1 saturated heterocycles. The fourth-order valence-corrected chi connectivity index (χ4v) is 1.85. The van der Waals surface area contributed by atoms with Gasteiger partial charge in [0.25, 0.3) is 0 Å². The number of likely N-dealkylation sites (N-methyl/N-ethyl adjacent to an activating group) is 1. The molecule has 1 rings (SSSR count). The lowest BCUT2D eigenvalue weighted by Gasteiger charge is -2.24. The Bertz CT molecular complexity index is 324. The van der Waals surface area contributed by atoms with Crippen molar-refractivity contribution in [3.63, 3.8) is 0 Å². The maximum absolute atomic E-state index is 11.8. The van der Waals surface area contributed by atoms with Crippen LogP contribution in [0.3, 0.4) is 0 Å². The van der Waals surface area contributed by atoms with Crippen LogP contribution in [0.1, 0.15) is 0 Å². The second kappa shape index (κ2) is 7.27. The molecule has 3 unspecified atom stereocenters. The van der Waals surface area contributed by atoms with Crippen LogP contribution in [0, 0.1) is 5.92 Å². The highest BCUT2D eigenvalue weighted by Gasteiger charge is 2.35. The minimum absolute atomic E-state index is 0.0935. The minimum Gasteiger partial charge on any atom is -0.481 e. The van der Waals surface area contributed by atoms with Crippen molar-refractivity contribution in [1.82, 2.24) is 10.2 Å². The fourth-order valence-electron chi connectivity index (χ4n) is 1.85. The minimum atomic E-state index is -0.995. The zero-order valence-corrected chi connectivity index (χ0v) is 11.0. The second-order valence-corrected chi connectivity index (χ2v) is 4.53. The van der Waals surface area contributed by atoms with Gasteiger partial charge in [0.2, 0.25) is 0 Å². The summed E-state index contributed by atoms with van der Waals surface area (Å²) in [6.07, 6.45) is -0.782. The molecular formula is C11H20N2O6. The summed E-state index contributed by atoms with van der Waals surface area (Å²) in [4.78, 5) is 24.0. The first-order valence-corrected chi connectivity index (χ1v) is 5.95. The average molecular weight is 276 g/mol. The van der Waals surface area contributed by atoms with Crippen molar-refractivity contribution in [1.29, 1.82) is 0 Å². The van der Waals surface area contributed by atoms with E-state index in [1.165, 1.54) is 19.1 Å². The zero-order valence-electron chi connectivity index (χ0n) is 11.0. The van der Waals surface area contributed by atoms with E-state index in [0.29, 0.717) is 0 Å². The summed E-state index contributed by atoms with van der Waals surface area (Å²) in [5.41, 5.74) is 0. The summed E-state index contributed by atoms with van der Waals surface area (Å²) >= 11 is 0. The van der Waals surface area contributed by atoms with Crippen molar-refractivity contribution in [3.05, 3.63) is 0 Å². The van der Waals surface area contributed by atoms with E-state index in [1.54, 1.807) is 0 Å². The lowest BCUT2D eigenvalue weighted by Crippen LogP contribution is -2.49. The monoisotopic (exact) mass is 276 g/mol. The normalized spacial score (nSPS) is 23.9. The van der Waals surface area contributed by atoms with Crippen LogP contribution in [-0.2, 0) is 14.3 Å². The van der Waals surface area contributed by atoms with Gasteiger partial charge >= 0.3 is 12.0 Å². The summed E-state index contributed by atoms with van der Waals surface area (Å²) in [6.45, 7) is 0.500. The van der Waals surface area contributed by atoms with Gasteiger partial charge in [-0.05, 0) is 0 Å². The predicted molar refractivity (Wildman–Crippen MR) is 64.8 cm³/mol. The van der Waals surface area contributed by atoms with Gasteiger partial charge in [-0.15, -0.1) is 0 Å². The summed E-state index contributed by atoms with van der Waals surface area (Å²) in [6, 6.07) is -0.996. The SMILES string of the molecule is COCC(O)CN(C)C(=O)NC1COCC1C(=O)O. The topological polar surface area (TPSA) is 108 Å². The maximum Gasteiger partial charge on any atom is 0.317 e. The summed E-state index contributed by atoms with van der Waals surface area (Å²) in [5, 5.41) is 21.0. The molecule has 0 aliphatic carbocycles. The van der Waals surface area contributed by atoms with Gasteiger partial charge in [-0.25, -0.2) is 4.79 Å². The Labute approximate surface area is 111 Å². The van der Waals surface area contributed by atoms with Crippen molar-refractivity contribution < 1.29 is 29.3 Å². The highest BCUT2D eigenvalue weighted by Crippen LogP contribution is 2.14. The summed E-state index contributed by atoms with van der Waals surface area (Å²) < 4.78 is 9.81. The lowest BCUT2D eigenvalue weighted by molar-refractivity contribution is -0.142. The van der Waals surface area contributed by atoms with Crippen LogP contribution in [0.4, 0.5) is 4.79 Å². The van der Waals surface area contributed by atoms with Crippen molar-refractivity contribution >= 4 is 12.0 Å². The third-order valence-corrected chi connectivity index (χ3v) is 2.90.